The number of aromatic hydroxyl groups is 1. The Morgan fingerprint density at radius 2 is 1.66 bits per heavy atom. The largest absolute Gasteiger partial charge is 0.504 e. The molecule has 156 valence electrons. The summed E-state index contributed by atoms with van der Waals surface area (Å²) in [7, 11) is 0. The quantitative estimate of drug-likeness (QED) is 0.418. The lowest BCUT2D eigenvalue weighted by atomic mass is 10.2. The van der Waals surface area contributed by atoms with Gasteiger partial charge in [0, 0.05) is 24.5 Å². The molecule has 0 saturated carbocycles. The van der Waals surface area contributed by atoms with Gasteiger partial charge in [-0.15, -0.1) is 0 Å². The maximum absolute atomic E-state index is 9.92. The molecule has 0 spiro atoms. The summed E-state index contributed by atoms with van der Waals surface area (Å²) >= 11 is 0. The Morgan fingerprint density at radius 1 is 0.966 bits per heavy atom. The Kier molecular flexibility index (Phi) is 7.94. The summed E-state index contributed by atoms with van der Waals surface area (Å²) in [5.41, 5.74) is 2.41. The van der Waals surface area contributed by atoms with Crippen LogP contribution in [0, 0.1) is 0 Å². The highest BCUT2D eigenvalue weighted by atomic mass is 16.5. The molecule has 1 N–H and O–H groups in total. The lowest BCUT2D eigenvalue weighted by Gasteiger charge is -2.21. The second-order valence-corrected chi connectivity index (χ2v) is 7.53. The maximum atomic E-state index is 9.92. The third-order valence-electron chi connectivity index (χ3n) is 5.16. The van der Waals surface area contributed by atoms with E-state index in [0.29, 0.717) is 5.65 Å². The fraction of sp³-hybridized carbons (Fsp3) is 0.458. The van der Waals surface area contributed by atoms with Crippen molar-refractivity contribution in [2.24, 2.45) is 0 Å². The number of aromatic nitrogens is 2. The number of benzene rings is 1. The van der Waals surface area contributed by atoms with Crippen molar-refractivity contribution >= 4 is 5.65 Å². The van der Waals surface area contributed by atoms with Gasteiger partial charge in [-0.2, -0.15) is 0 Å². The number of ether oxygens (including phenoxy) is 1. The predicted octanol–water partition coefficient (Wildman–Crippen LogP) is 5.38. The lowest BCUT2D eigenvalue weighted by Crippen LogP contribution is -2.28. The minimum absolute atomic E-state index is 0.186. The molecule has 0 aliphatic rings. The molecule has 0 atom stereocenters. The highest BCUT2D eigenvalue weighted by Gasteiger charge is 2.08. The van der Waals surface area contributed by atoms with E-state index in [1.807, 2.05) is 41.1 Å². The second kappa shape index (κ2) is 10.9. The van der Waals surface area contributed by atoms with E-state index in [2.05, 4.69) is 23.7 Å². The van der Waals surface area contributed by atoms with Crippen LogP contribution in [0.25, 0.3) is 16.9 Å². The van der Waals surface area contributed by atoms with E-state index in [1.54, 1.807) is 12.1 Å². The van der Waals surface area contributed by atoms with Crippen LogP contribution in [-0.4, -0.2) is 45.6 Å². The molecule has 2 aromatic heterocycles. The van der Waals surface area contributed by atoms with Crippen molar-refractivity contribution in [2.45, 2.75) is 46.0 Å². The number of hydrogen-bond acceptors (Lipinski definition) is 4. The molecule has 5 heteroatoms. The molecular weight excluding hydrogens is 362 g/mol. The topological polar surface area (TPSA) is 50.0 Å². The Morgan fingerprint density at radius 3 is 2.31 bits per heavy atom. The molecule has 0 bridgehead atoms. The van der Waals surface area contributed by atoms with Crippen LogP contribution < -0.4 is 4.74 Å². The summed E-state index contributed by atoms with van der Waals surface area (Å²) in [6.45, 7) is 8.72. The Balaban J connectivity index is 1.50. The van der Waals surface area contributed by atoms with Crippen molar-refractivity contribution < 1.29 is 9.84 Å². The number of pyridine rings is 1. The van der Waals surface area contributed by atoms with Gasteiger partial charge in [-0.1, -0.05) is 26.7 Å². The first kappa shape index (κ1) is 21.2. The van der Waals surface area contributed by atoms with Crippen molar-refractivity contribution in [1.82, 2.24) is 14.3 Å². The van der Waals surface area contributed by atoms with Crippen LogP contribution in [0.1, 0.15) is 46.0 Å². The zero-order chi connectivity index (χ0) is 20.5. The molecule has 2 heterocycles. The minimum atomic E-state index is 0.186. The van der Waals surface area contributed by atoms with Gasteiger partial charge in [0.15, 0.2) is 11.4 Å². The van der Waals surface area contributed by atoms with E-state index in [0.717, 1.165) is 36.6 Å². The lowest BCUT2D eigenvalue weighted by molar-refractivity contribution is 0.229. The van der Waals surface area contributed by atoms with E-state index in [1.165, 1.54) is 38.8 Å². The van der Waals surface area contributed by atoms with Gasteiger partial charge in [0.05, 0.1) is 12.3 Å². The minimum Gasteiger partial charge on any atom is -0.504 e. The normalized spacial score (nSPS) is 11.4. The molecule has 0 fully saturated rings. The van der Waals surface area contributed by atoms with Crippen molar-refractivity contribution in [2.75, 3.05) is 26.2 Å². The van der Waals surface area contributed by atoms with Gasteiger partial charge in [0.2, 0.25) is 0 Å². The molecule has 0 amide bonds. The van der Waals surface area contributed by atoms with E-state index in [-0.39, 0.29) is 5.75 Å². The Bertz CT molecular complexity index is 865. The molecule has 3 aromatic rings. The summed E-state index contributed by atoms with van der Waals surface area (Å²) in [5, 5.41) is 9.92. The van der Waals surface area contributed by atoms with Crippen LogP contribution >= 0.6 is 0 Å². The highest BCUT2D eigenvalue weighted by Crippen LogP contribution is 2.25. The van der Waals surface area contributed by atoms with E-state index in [9.17, 15) is 5.11 Å². The van der Waals surface area contributed by atoms with E-state index in [4.69, 9.17) is 4.74 Å². The SMILES string of the molecule is CCCCN(CCCC)CCCOc1ccc(-c2cn3cccc(O)c3n2)cc1. The van der Waals surface area contributed by atoms with Crippen molar-refractivity contribution in [3.63, 3.8) is 0 Å². The fourth-order valence-electron chi connectivity index (χ4n) is 3.44. The monoisotopic (exact) mass is 395 g/mol. The van der Waals surface area contributed by atoms with Crippen LogP contribution in [0.15, 0.2) is 48.8 Å². The molecular formula is C24H33N3O2. The first-order valence-corrected chi connectivity index (χ1v) is 10.8. The number of imidazole rings is 1. The van der Waals surface area contributed by atoms with E-state index < -0.39 is 0 Å². The fourth-order valence-corrected chi connectivity index (χ4v) is 3.44. The van der Waals surface area contributed by atoms with Crippen molar-refractivity contribution in [3.05, 3.63) is 48.8 Å². The molecule has 1 aromatic carbocycles. The third kappa shape index (κ3) is 5.97. The zero-order valence-electron chi connectivity index (χ0n) is 17.7. The standard InChI is InChI=1S/C24H33N3O2/c1-3-5-14-26(15-6-4-2)16-8-18-29-21-12-10-20(11-13-21)22-19-27-17-7-9-23(28)24(27)25-22/h7,9-13,17,19,28H,3-6,8,14-16,18H2,1-2H3. The zero-order valence-corrected chi connectivity index (χ0v) is 17.7. The van der Waals surface area contributed by atoms with E-state index >= 15 is 0 Å². The summed E-state index contributed by atoms with van der Waals surface area (Å²) in [5.74, 6) is 1.07. The summed E-state index contributed by atoms with van der Waals surface area (Å²) in [6.07, 6.45) is 9.88. The average molecular weight is 396 g/mol. The second-order valence-electron chi connectivity index (χ2n) is 7.53. The van der Waals surface area contributed by atoms with Gasteiger partial charge >= 0.3 is 0 Å². The number of fused-ring (bicyclic) bond motifs is 1. The Hall–Kier alpha value is -2.53. The maximum Gasteiger partial charge on any atom is 0.180 e. The number of nitrogens with zero attached hydrogens (tertiary/aromatic N) is 3. The van der Waals surface area contributed by atoms with Crippen LogP contribution in [0.5, 0.6) is 11.5 Å². The van der Waals surface area contributed by atoms with Gasteiger partial charge in [0.1, 0.15) is 5.75 Å². The van der Waals surface area contributed by atoms with Gasteiger partial charge < -0.3 is 19.1 Å². The van der Waals surface area contributed by atoms with Crippen LogP contribution in [-0.2, 0) is 0 Å². The van der Waals surface area contributed by atoms with Gasteiger partial charge in [0.25, 0.3) is 0 Å². The first-order valence-electron chi connectivity index (χ1n) is 10.8. The molecule has 0 aliphatic heterocycles. The van der Waals surface area contributed by atoms with Gasteiger partial charge in [-0.3, -0.25) is 0 Å². The highest BCUT2D eigenvalue weighted by molar-refractivity contribution is 5.66. The molecule has 0 unspecified atom stereocenters. The molecule has 5 nitrogen and oxygen atoms in total. The van der Waals surface area contributed by atoms with Crippen LogP contribution in [0.4, 0.5) is 0 Å². The Labute approximate surface area is 174 Å². The number of rotatable bonds is 12. The van der Waals surface area contributed by atoms with Crippen molar-refractivity contribution in [1.29, 1.82) is 0 Å². The third-order valence-corrected chi connectivity index (χ3v) is 5.16. The number of hydrogen-bond donors (Lipinski definition) is 1. The predicted molar refractivity (Wildman–Crippen MR) is 119 cm³/mol. The molecule has 0 aliphatic carbocycles. The smallest absolute Gasteiger partial charge is 0.180 e. The first-order chi connectivity index (χ1) is 14.2. The van der Waals surface area contributed by atoms with Crippen molar-refractivity contribution in [3.8, 4) is 22.8 Å². The average Bonchev–Trinajstić information content (AvgIpc) is 3.19. The summed E-state index contributed by atoms with van der Waals surface area (Å²) < 4.78 is 7.77. The van der Waals surface area contributed by atoms with Gasteiger partial charge in [-0.05, 0) is 68.8 Å². The van der Waals surface area contributed by atoms with Gasteiger partial charge in [-0.25, -0.2) is 4.98 Å². The number of unbranched alkanes of at least 4 members (excludes halogenated alkanes) is 2. The summed E-state index contributed by atoms with van der Waals surface area (Å²) in [4.78, 5) is 7.09. The molecule has 29 heavy (non-hydrogen) atoms. The molecule has 0 saturated heterocycles. The molecule has 0 radical (unpaired) electrons. The summed E-state index contributed by atoms with van der Waals surface area (Å²) in [6, 6.07) is 11.5. The van der Waals surface area contributed by atoms with Crippen LogP contribution in [0.3, 0.4) is 0 Å². The molecule has 3 rings (SSSR count). The van der Waals surface area contributed by atoms with Crippen LogP contribution in [0.2, 0.25) is 0 Å².